The van der Waals surface area contributed by atoms with Crippen LogP contribution in [0, 0.1) is 5.92 Å². The Balaban J connectivity index is 2.06. The van der Waals surface area contributed by atoms with Crippen LogP contribution >= 0.6 is 0 Å². The van der Waals surface area contributed by atoms with Crippen molar-refractivity contribution in [2.45, 2.75) is 32.4 Å². The van der Waals surface area contributed by atoms with Crippen LogP contribution in [0.1, 0.15) is 19.8 Å². The van der Waals surface area contributed by atoms with E-state index < -0.39 is 8.80 Å². The summed E-state index contributed by atoms with van der Waals surface area (Å²) in [5.74, 6) is 0.821. The fourth-order valence-electron chi connectivity index (χ4n) is 3.02. The molecule has 2 N–H and O–H groups in total. The average Bonchev–Trinajstić information content (AvgIpc) is 3.45. The van der Waals surface area contributed by atoms with Crippen LogP contribution in [0.5, 0.6) is 0 Å². The Morgan fingerprint density at radius 3 is 2.64 bits per heavy atom. The Hall–Kier alpha value is -2.01. The van der Waals surface area contributed by atoms with Gasteiger partial charge in [-0.3, -0.25) is 4.79 Å². The second-order valence-corrected chi connectivity index (χ2v) is 9.87. The minimum Gasteiger partial charge on any atom is -0.384 e. The van der Waals surface area contributed by atoms with E-state index in [2.05, 4.69) is 42.3 Å². The van der Waals surface area contributed by atoms with E-state index in [1.54, 1.807) is 11.6 Å². The maximum absolute atomic E-state index is 12.2. The quantitative estimate of drug-likeness (QED) is 0.750. The predicted octanol–water partition coefficient (Wildman–Crippen LogP) is 3.27. The van der Waals surface area contributed by atoms with Crippen LogP contribution in [0.15, 0.2) is 35.3 Å². The first-order chi connectivity index (χ1) is 12.0. The molecule has 0 amide bonds. The van der Waals surface area contributed by atoms with Crippen molar-refractivity contribution in [3.05, 3.63) is 40.8 Å². The van der Waals surface area contributed by atoms with Crippen LogP contribution in [-0.2, 0) is 7.05 Å². The van der Waals surface area contributed by atoms with Crippen molar-refractivity contribution in [2.24, 2.45) is 13.0 Å². The number of aromatic nitrogens is 1. The third kappa shape index (κ3) is 3.98. The third-order valence-corrected chi connectivity index (χ3v) is 7.44. The van der Waals surface area contributed by atoms with E-state index in [1.807, 2.05) is 19.3 Å². The summed E-state index contributed by atoms with van der Waals surface area (Å²) in [7, 11) is 3.10. The molecule has 0 spiro atoms. The van der Waals surface area contributed by atoms with Crippen LogP contribution in [-0.4, -0.2) is 27.0 Å². The van der Waals surface area contributed by atoms with Crippen molar-refractivity contribution < 1.29 is 0 Å². The summed E-state index contributed by atoms with van der Waals surface area (Å²) in [6.45, 7) is 5.66. The van der Waals surface area contributed by atoms with E-state index in [1.165, 1.54) is 35.3 Å². The van der Waals surface area contributed by atoms with Gasteiger partial charge in [-0.05, 0) is 30.9 Å². The number of pyridine rings is 1. The van der Waals surface area contributed by atoms with E-state index in [4.69, 9.17) is 0 Å². The van der Waals surface area contributed by atoms with E-state index >= 15 is 0 Å². The fourth-order valence-corrected chi connectivity index (χ4v) is 4.19. The molecule has 0 saturated heterocycles. The van der Waals surface area contributed by atoms with Crippen LogP contribution in [0.25, 0.3) is 11.1 Å². The lowest BCUT2D eigenvalue weighted by Gasteiger charge is -2.17. The summed E-state index contributed by atoms with van der Waals surface area (Å²) in [6, 6.07) is 10.0. The van der Waals surface area contributed by atoms with Crippen molar-refractivity contribution in [1.82, 2.24) is 4.57 Å². The molecule has 0 aliphatic heterocycles. The molecule has 1 heterocycles. The first kappa shape index (κ1) is 17.8. The Labute approximate surface area is 151 Å². The lowest BCUT2D eigenvalue weighted by atomic mass is 10.0. The van der Waals surface area contributed by atoms with Crippen LogP contribution < -0.4 is 21.4 Å². The maximum Gasteiger partial charge on any atom is 0.273 e. The van der Waals surface area contributed by atoms with Crippen molar-refractivity contribution in [3.63, 3.8) is 0 Å². The van der Waals surface area contributed by atoms with Gasteiger partial charge in [0.05, 0.1) is 8.80 Å². The van der Waals surface area contributed by atoms with E-state index in [-0.39, 0.29) is 5.56 Å². The third-order valence-electron chi connectivity index (χ3n) is 5.08. The molecule has 25 heavy (non-hydrogen) atoms. The zero-order valence-electron chi connectivity index (χ0n) is 15.6. The molecule has 1 aromatic heterocycles. The Morgan fingerprint density at radius 2 is 2.00 bits per heavy atom. The summed E-state index contributed by atoms with van der Waals surface area (Å²) < 4.78 is 1.66. The first-order valence-corrected chi connectivity index (χ1v) is 11.3. The van der Waals surface area contributed by atoms with Gasteiger partial charge < -0.3 is 15.2 Å². The number of nitrogens with zero attached hydrogens (tertiary/aromatic N) is 1. The van der Waals surface area contributed by atoms with Gasteiger partial charge in [-0.15, -0.1) is 0 Å². The Bertz CT molecular complexity index is 811. The first-order valence-electron chi connectivity index (χ1n) is 9.13. The van der Waals surface area contributed by atoms with E-state index in [9.17, 15) is 4.79 Å². The number of benzene rings is 1. The molecule has 2 aromatic rings. The van der Waals surface area contributed by atoms with Crippen LogP contribution in [0.2, 0.25) is 12.6 Å². The number of rotatable bonds is 7. The number of hydrogen-bond acceptors (Lipinski definition) is 3. The minimum absolute atomic E-state index is 0.00342. The summed E-state index contributed by atoms with van der Waals surface area (Å²) >= 11 is 0. The fraction of sp³-hybridized carbons (Fsp3) is 0.450. The van der Waals surface area contributed by atoms with Gasteiger partial charge in [0.2, 0.25) is 0 Å². The van der Waals surface area contributed by atoms with Gasteiger partial charge in [-0.2, -0.15) is 0 Å². The molecule has 1 aliphatic rings. The number of nitrogens with one attached hydrogen (secondary N) is 2. The smallest absolute Gasteiger partial charge is 0.273 e. The second kappa shape index (κ2) is 7.48. The Morgan fingerprint density at radius 1 is 1.24 bits per heavy atom. The molecule has 1 saturated carbocycles. The van der Waals surface area contributed by atoms with Gasteiger partial charge in [0.15, 0.2) is 0 Å². The maximum atomic E-state index is 12.2. The monoisotopic (exact) mass is 354 g/mol. The van der Waals surface area contributed by atoms with Gasteiger partial charge in [-0.25, -0.2) is 0 Å². The van der Waals surface area contributed by atoms with Gasteiger partial charge in [-0.1, -0.05) is 36.8 Å². The summed E-state index contributed by atoms with van der Waals surface area (Å²) in [5.41, 5.74) is 4.09. The molecular formula is C20H28N3OSi. The molecule has 133 valence electrons. The second-order valence-electron chi connectivity index (χ2n) is 7.03. The predicted molar refractivity (Wildman–Crippen MR) is 110 cm³/mol. The number of aryl methyl sites for hydroxylation is 1. The topological polar surface area (TPSA) is 46.1 Å². The van der Waals surface area contributed by atoms with Crippen molar-refractivity contribution in [2.75, 3.05) is 24.2 Å². The molecule has 3 rings (SSSR count). The molecule has 0 unspecified atom stereocenters. The molecule has 4 nitrogen and oxygen atoms in total. The van der Waals surface area contributed by atoms with Crippen molar-refractivity contribution in [3.8, 4) is 11.1 Å². The molecule has 1 fully saturated rings. The normalized spacial score (nSPS) is 14.0. The summed E-state index contributed by atoms with van der Waals surface area (Å²) in [6.07, 6.45) is 4.61. The highest BCUT2D eigenvalue weighted by Crippen LogP contribution is 2.32. The molecule has 0 bridgehead atoms. The zero-order chi connectivity index (χ0) is 18.0. The van der Waals surface area contributed by atoms with Gasteiger partial charge >= 0.3 is 0 Å². The lowest BCUT2D eigenvalue weighted by molar-refractivity contribution is 0.863. The molecule has 1 aliphatic carbocycles. The summed E-state index contributed by atoms with van der Waals surface area (Å²) in [4.78, 5) is 12.2. The van der Waals surface area contributed by atoms with E-state index in [0.29, 0.717) is 5.69 Å². The van der Waals surface area contributed by atoms with Crippen molar-refractivity contribution in [1.29, 1.82) is 0 Å². The molecule has 1 aromatic carbocycles. The van der Waals surface area contributed by atoms with Crippen LogP contribution in [0.4, 0.5) is 11.4 Å². The SMILES string of the molecule is CC[Si](C)c1ccc(NCC2CC2)c(-c2cc(NC)c(=O)n(C)c2)c1. The van der Waals surface area contributed by atoms with E-state index in [0.717, 1.165) is 18.0 Å². The zero-order valence-corrected chi connectivity index (χ0v) is 16.6. The molecule has 5 heteroatoms. The highest BCUT2D eigenvalue weighted by Gasteiger charge is 2.21. The molecule has 1 radical (unpaired) electrons. The summed E-state index contributed by atoms with van der Waals surface area (Å²) in [5, 5.41) is 8.10. The van der Waals surface area contributed by atoms with Gasteiger partial charge in [0.1, 0.15) is 5.69 Å². The number of anilines is 2. The Kier molecular flexibility index (Phi) is 5.32. The lowest BCUT2D eigenvalue weighted by Crippen LogP contribution is -2.26. The van der Waals surface area contributed by atoms with Crippen molar-refractivity contribution >= 4 is 25.4 Å². The average molecular weight is 355 g/mol. The van der Waals surface area contributed by atoms with Gasteiger partial charge in [0.25, 0.3) is 5.56 Å². The molecule has 0 atom stereocenters. The molecular weight excluding hydrogens is 326 g/mol. The minimum atomic E-state index is -0.516. The largest absolute Gasteiger partial charge is 0.384 e. The number of hydrogen-bond donors (Lipinski definition) is 2. The van der Waals surface area contributed by atoms with Gasteiger partial charge in [0, 0.05) is 43.7 Å². The highest BCUT2D eigenvalue weighted by molar-refractivity contribution is 6.72. The highest BCUT2D eigenvalue weighted by atomic mass is 28.3. The van der Waals surface area contributed by atoms with Crippen LogP contribution in [0.3, 0.4) is 0 Å². The standard InChI is InChI=1S/C20H28N3OSi/c1-5-25(4)16-8-9-18(22-12-14-6-7-14)17(11-16)15-10-19(21-2)20(24)23(3)13-15/h8-11,13-14,21-22H,5-7,12H2,1-4H3.